The van der Waals surface area contributed by atoms with Crippen molar-refractivity contribution >= 4 is 17.7 Å². The van der Waals surface area contributed by atoms with Crippen molar-refractivity contribution in [2.24, 2.45) is 0 Å². The Morgan fingerprint density at radius 2 is 1.87 bits per heavy atom. The van der Waals surface area contributed by atoms with Gasteiger partial charge in [0, 0.05) is 25.0 Å². The Bertz CT molecular complexity index is 881. The summed E-state index contributed by atoms with van der Waals surface area (Å²) in [5, 5.41) is 3.37. The Labute approximate surface area is 180 Å². The summed E-state index contributed by atoms with van der Waals surface area (Å²) >= 11 is 0. The number of pyridine rings is 2. The molecule has 2 aromatic rings. The van der Waals surface area contributed by atoms with Crippen LogP contribution in [0, 0.1) is 6.92 Å². The summed E-state index contributed by atoms with van der Waals surface area (Å²) in [6.07, 6.45) is 3.46. The Morgan fingerprint density at radius 1 is 1.17 bits per heavy atom. The Balaban J connectivity index is 1.68. The Kier molecular flexibility index (Phi) is 6.64. The number of nitrogens with one attached hydrogen (secondary N) is 1. The van der Waals surface area contributed by atoms with Crippen LogP contribution in [0.4, 0.5) is 16.4 Å². The Morgan fingerprint density at radius 3 is 2.50 bits per heavy atom. The molecule has 1 amide bonds. The van der Waals surface area contributed by atoms with Crippen molar-refractivity contribution in [3.05, 3.63) is 47.3 Å². The molecule has 0 bridgehead atoms. The fraction of sp³-hybridized carbons (Fsp3) is 0.542. The highest BCUT2D eigenvalue weighted by atomic mass is 16.6. The monoisotopic (exact) mass is 410 g/mol. The van der Waals surface area contributed by atoms with E-state index in [-0.39, 0.29) is 6.09 Å². The van der Waals surface area contributed by atoms with Gasteiger partial charge in [-0.05, 0) is 87.8 Å². The van der Waals surface area contributed by atoms with Crippen LogP contribution in [0.1, 0.15) is 76.1 Å². The first-order valence-electron chi connectivity index (χ1n) is 10.8. The van der Waals surface area contributed by atoms with Gasteiger partial charge in [0.1, 0.15) is 17.2 Å². The van der Waals surface area contributed by atoms with E-state index in [0.29, 0.717) is 24.9 Å². The molecule has 6 nitrogen and oxygen atoms in total. The lowest BCUT2D eigenvalue weighted by Gasteiger charge is -2.33. The zero-order valence-electron chi connectivity index (χ0n) is 19.0. The van der Waals surface area contributed by atoms with E-state index in [9.17, 15) is 4.79 Å². The fourth-order valence-electron chi connectivity index (χ4n) is 3.72. The third-order valence-corrected chi connectivity index (χ3v) is 5.30. The summed E-state index contributed by atoms with van der Waals surface area (Å²) in [6, 6.07) is 8.39. The van der Waals surface area contributed by atoms with Crippen LogP contribution < -0.4 is 5.32 Å². The van der Waals surface area contributed by atoms with Gasteiger partial charge in [0.25, 0.3) is 0 Å². The highest BCUT2D eigenvalue weighted by molar-refractivity contribution is 5.68. The molecule has 6 heteroatoms. The van der Waals surface area contributed by atoms with E-state index in [4.69, 9.17) is 4.74 Å². The van der Waals surface area contributed by atoms with Gasteiger partial charge in [0.05, 0.1) is 0 Å². The van der Waals surface area contributed by atoms with E-state index in [1.54, 1.807) is 0 Å². The summed E-state index contributed by atoms with van der Waals surface area (Å²) < 4.78 is 5.51. The predicted octanol–water partition coefficient (Wildman–Crippen LogP) is 5.77. The molecule has 1 fully saturated rings. The summed E-state index contributed by atoms with van der Waals surface area (Å²) in [5.41, 5.74) is 3.02. The zero-order valence-corrected chi connectivity index (χ0v) is 19.0. The van der Waals surface area contributed by atoms with Crippen molar-refractivity contribution < 1.29 is 9.53 Å². The Hall–Kier alpha value is -2.63. The minimum atomic E-state index is -0.461. The van der Waals surface area contributed by atoms with E-state index in [2.05, 4.69) is 47.3 Å². The van der Waals surface area contributed by atoms with Crippen molar-refractivity contribution in [1.82, 2.24) is 14.9 Å². The third-order valence-electron chi connectivity index (χ3n) is 5.30. The topological polar surface area (TPSA) is 67.3 Å². The van der Waals surface area contributed by atoms with E-state index >= 15 is 0 Å². The predicted molar refractivity (Wildman–Crippen MR) is 120 cm³/mol. The number of aromatic nitrogens is 2. The number of rotatable bonds is 4. The van der Waals surface area contributed by atoms with Gasteiger partial charge >= 0.3 is 6.09 Å². The van der Waals surface area contributed by atoms with Crippen molar-refractivity contribution in [2.45, 2.75) is 71.8 Å². The molecule has 30 heavy (non-hydrogen) atoms. The van der Waals surface area contributed by atoms with Crippen LogP contribution in [0.5, 0.6) is 0 Å². The number of nitrogens with zero attached hydrogens (tertiary/aromatic N) is 3. The normalized spacial score (nSPS) is 15.4. The summed E-state index contributed by atoms with van der Waals surface area (Å²) in [5.74, 6) is 2.48. The van der Waals surface area contributed by atoms with Crippen LogP contribution in [0.3, 0.4) is 0 Å². The number of amides is 1. The van der Waals surface area contributed by atoms with E-state index in [1.165, 1.54) is 11.1 Å². The molecule has 3 rings (SSSR count). The highest BCUT2D eigenvalue weighted by Gasteiger charge is 2.27. The maximum absolute atomic E-state index is 12.3. The first-order chi connectivity index (χ1) is 14.1. The van der Waals surface area contributed by atoms with Crippen LogP contribution in [0.25, 0.3) is 0 Å². The fourth-order valence-corrected chi connectivity index (χ4v) is 3.72. The SMILES string of the molecule is Cc1cc(C2CCN(C(=O)OC(C)(C)C)CC2)cc(Nc2cc(C(C)C)ccn2)n1. The minimum Gasteiger partial charge on any atom is -0.444 e. The van der Waals surface area contributed by atoms with Crippen molar-refractivity contribution in [2.75, 3.05) is 18.4 Å². The molecule has 1 saturated heterocycles. The number of carbonyl (C=O) groups is 1. The number of aryl methyl sites for hydroxylation is 1. The first kappa shape index (κ1) is 22.1. The van der Waals surface area contributed by atoms with Gasteiger partial charge < -0.3 is 15.0 Å². The van der Waals surface area contributed by atoms with Crippen molar-refractivity contribution in [3.63, 3.8) is 0 Å². The molecule has 1 N–H and O–H groups in total. The number of hydrogen-bond acceptors (Lipinski definition) is 5. The van der Waals surface area contributed by atoms with Crippen LogP contribution in [0.2, 0.25) is 0 Å². The molecule has 2 aromatic heterocycles. The number of piperidine rings is 1. The van der Waals surface area contributed by atoms with E-state index < -0.39 is 5.60 Å². The van der Waals surface area contributed by atoms with Gasteiger partial charge in [0.2, 0.25) is 0 Å². The van der Waals surface area contributed by atoms with E-state index in [0.717, 1.165) is 30.2 Å². The second-order valence-electron chi connectivity index (χ2n) is 9.42. The van der Waals surface area contributed by atoms with Crippen molar-refractivity contribution in [3.8, 4) is 0 Å². The standard InChI is InChI=1S/C24H34N4O2/c1-16(2)19-7-10-25-21(14-19)27-22-15-20(13-17(3)26-22)18-8-11-28(12-9-18)23(29)30-24(4,5)6/h7,10,13-16,18H,8-9,11-12H2,1-6H3,(H,25,26,27). The third kappa shape index (κ3) is 5.94. The second kappa shape index (κ2) is 9.02. The number of carbonyl (C=O) groups excluding carboxylic acids is 1. The molecule has 0 aromatic carbocycles. The molecule has 0 radical (unpaired) electrons. The quantitative estimate of drug-likeness (QED) is 0.693. The summed E-state index contributed by atoms with van der Waals surface area (Å²) in [6.45, 7) is 13.5. The van der Waals surface area contributed by atoms with Gasteiger partial charge in [-0.15, -0.1) is 0 Å². The van der Waals surface area contributed by atoms with Gasteiger partial charge in [-0.2, -0.15) is 0 Å². The van der Waals surface area contributed by atoms with Crippen LogP contribution in [0.15, 0.2) is 30.5 Å². The molecule has 0 unspecified atom stereocenters. The average Bonchev–Trinajstić information content (AvgIpc) is 2.66. The zero-order chi connectivity index (χ0) is 21.9. The molecule has 0 atom stereocenters. The van der Waals surface area contributed by atoms with Gasteiger partial charge in [-0.3, -0.25) is 0 Å². The molecular formula is C24H34N4O2. The molecule has 1 aliphatic heterocycles. The molecule has 0 saturated carbocycles. The number of likely N-dealkylation sites (tertiary alicyclic amines) is 1. The van der Waals surface area contributed by atoms with Crippen molar-refractivity contribution in [1.29, 1.82) is 0 Å². The highest BCUT2D eigenvalue weighted by Crippen LogP contribution is 2.31. The molecule has 3 heterocycles. The first-order valence-corrected chi connectivity index (χ1v) is 10.8. The van der Waals surface area contributed by atoms with Gasteiger partial charge in [0.15, 0.2) is 0 Å². The average molecular weight is 411 g/mol. The molecule has 1 aliphatic rings. The van der Waals surface area contributed by atoms with E-state index in [1.807, 2.05) is 44.9 Å². The lowest BCUT2D eigenvalue weighted by atomic mass is 9.89. The minimum absolute atomic E-state index is 0.217. The van der Waals surface area contributed by atoms with Crippen LogP contribution in [-0.4, -0.2) is 39.7 Å². The summed E-state index contributed by atoms with van der Waals surface area (Å²) in [7, 11) is 0. The molecule has 162 valence electrons. The second-order valence-corrected chi connectivity index (χ2v) is 9.42. The van der Waals surface area contributed by atoms with Crippen LogP contribution in [-0.2, 0) is 4.74 Å². The summed E-state index contributed by atoms with van der Waals surface area (Å²) in [4.78, 5) is 23.2. The number of anilines is 2. The molecule has 0 spiro atoms. The molecular weight excluding hydrogens is 376 g/mol. The molecule has 0 aliphatic carbocycles. The largest absolute Gasteiger partial charge is 0.444 e. The smallest absolute Gasteiger partial charge is 0.410 e. The van der Waals surface area contributed by atoms with Gasteiger partial charge in [-0.25, -0.2) is 14.8 Å². The maximum atomic E-state index is 12.3. The van der Waals surface area contributed by atoms with Crippen LogP contribution >= 0.6 is 0 Å². The lowest BCUT2D eigenvalue weighted by molar-refractivity contribution is 0.0205. The number of hydrogen-bond donors (Lipinski definition) is 1. The maximum Gasteiger partial charge on any atom is 0.410 e. The lowest BCUT2D eigenvalue weighted by Crippen LogP contribution is -2.41. The number of ether oxygens (including phenoxy) is 1. The van der Waals surface area contributed by atoms with Gasteiger partial charge in [-0.1, -0.05) is 13.8 Å².